The first-order valence-electron chi connectivity index (χ1n) is 8.18. The Bertz CT molecular complexity index is 547. The molecule has 1 aromatic carbocycles. The van der Waals surface area contributed by atoms with Crippen molar-refractivity contribution >= 4 is 11.9 Å². The molecule has 126 valence electrons. The average molecular weight is 321 g/mol. The minimum absolute atomic E-state index is 0.00555. The molecule has 1 aliphatic rings. The van der Waals surface area contributed by atoms with Crippen LogP contribution >= 0.6 is 0 Å². The van der Waals surface area contributed by atoms with E-state index in [1.165, 1.54) is 13.2 Å². The summed E-state index contributed by atoms with van der Waals surface area (Å²) in [6.45, 7) is 1.45. The van der Waals surface area contributed by atoms with E-state index in [0.717, 1.165) is 31.4 Å². The number of piperidine rings is 1. The lowest BCUT2D eigenvalue weighted by Gasteiger charge is -2.33. The minimum Gasteiger partial charge on any atom is -0.469 e. The summed E-state index contributed by atoms with van der Waals surface area (Å²) in [7, 11) is 1.33. The Morgan fingerprint density at radius 3 is 2.83 bits per heavy atom. The van der Waals surface area contributed by atoms with Crippen LogP contribution in [0.4, 0.5) is 4.39 Å². The predicted octanol–water partition coefficient (Wildman–Crippen LogP) is 2.95. The van der Waals surface area contributed by atoms with Crippen molar-refractivity contribution in [1.29, 1.82) is 0 Å². The molecule has 1 fully saturated rings. The zero-order chi connectivity index (χ0) is 16.7. The summed E-state index contributed by atoms with van der Waals surface area (Å²) in [5.41, 5.74) is 0.738. The summed E-state index contributed by atoms with van der Waals surface area (Å²) >= 11 is 0. The molecule has 2 rings (SSSR count). The fourth-order valence-electron chi connectivity index (χ4n) is 3.06. The van der Waals surface area contributed by atoms with Gasteiger partial charge in [-0.05, 0) is 43.2 Å². The fourth-order valence-corrected chi connectivity index (χ4v) is 3.06. The largest absolute Gasteiger partial charge is 0.469 e. The lowest BCUT2D eigenvalue weighted by molar-refractivity contribution is -0.144. The SMILES string of the molecule is COC(=O)CCC(=O)N1CCCC(CCc2ccccc2F)C1. The Balaban J connectivity index is 1.80. The van der Waals surface area contributed by atoms with Crippen LogP contribution in [-0.4, -0.2) is 37.0 Å². The standard InChI is InChI=1S/C18H24FNO3/c1-23-18(22)11-10-17(21)20-12-4-5-14(13-20)8-9-15-6-2-3-7-16(15)19/h2-3,6-7,14H,4-5,8-13H2,1H3. The number of nitrogens with zero attached hydrogens (tertiary/aromatic N) is 1. The molecule has 1 amide bonds. The molecule has 23 heavy (non-hydrogen) atoms. The van der Waals surface area contributed by atoms with Gasteiger partial charge in [-0.25, -0.2) is 4.39 Å². The van der Waals surface area contributed by atoms with Crippen LogP contribution in [-0.2, 0) is 20.7 Å². The van der Waals surface area contributed by atoms with Crippen molar-refractivity contribution in [1.82, 2.24) is 4.90 Å². The maximum atomic E-state index is 13.7. The number of halogens is 1. The van der Waals surface area contributed by atoms with Crippen LogP contribution in [0.5, 0.6) is 0 Å². The van der Waals surface area contributed by atoms with Crippen LogP contribution in [0.25, 0.3) is 0 Å². The molecule has 0 spiro atoms. The molecule has 1 aliphatic heterocycles. The summed E-state index contributed by atoms with van der Waals surface area (Å²) in [6.07, 6.45) is 3.93. The molecule has 1 saturated heterocycles. The van der Waals surface area contributed by atoms with Gasteiger partial charge in [-0.2, -0.15) is 0 Å². The van der Waals surface area contributed by atoms with Gasteiger partial charge < -0.3 is 9.64 Å². The van der Waals surface area contributed by atoms with Gasteiger partial charge >= 0.3 is 5.97 Å². The first-order chi connectivity index (χ1) is 11.1. The smallest absolute Gasteiger partial charge is 0.306 e. The fraction of sp³-hybridized carbons (Fsp3) is 0.556. The van der Waals surface area contributed by atoms with Crippen LogP contribution in [0.3, 0.4) is 0 Å². The van der Waals surface area contributed by atoms with Crippen LogP contribution in [0, 0.1) is 11.7 Å². The van der Waals surface area contributed by atoms with E-state index in [4.69, 9.17) is 0 Å². The number of aryl methyl sites for hydroxylation is 1. The molecule has 0 aliphatic carbocycles. The van der Waals surface area contributed by atoms with E-state index in [0.29, 0.717) is 18.9 Å². The lowest BCUT2D eigenvalue weighted by atomic mass is 9.91. The molecule has 0 radical (unpaired) electrons. The van der Waals surface area contributed by atoms with Crippen molar-refractivity contribution in [3.63, 3.8) is 0 Å². The number of hydrogen-bond acceptors (Lipinski definition) is 3. The van der Waals surface area contributed by atoms with Crippen molar-refractivity contribution in [2.45, 2.75) is 38.5 Å². The second-order valence-corrected chi connectivity index (χ2v) is 6.05. The van der Waals surface area contributed by atoms with E-state index >= 15 is 0 Å². The minimum atomic E-state index is -0.355. The molecule has 1 atom stereocenters. The van der Waals surface area contributed by atoms with E-state index in [1.54, 1.807) is 6.07 Å². The molecule has 1 heterocycles. The van der Waals surface area contributed by atoms with Crippen molar-refractivity contribution < 1.29 is 18.7 Å². The summed E-state index contributed by atoms with van der Waals surface area (Å²) in [4.78, 5) is 25.1. The molecule has 0 aromatic heterocycles. The summed E-state index contributed by atoms with van der Waals surface area (Å²) < 4.78 is 18.2. The quantitative estimate of drug-likeness (QED) is 0.757. The molecule has 1 aromatic rings. The van der Waals surface area contributed by atoms with Gasteiger partial charge in [-0.15, -0.1) is 0 Å². The highest BCUT2D eigenvalue weighted by atomic mass is 19.1. The summed E-state index contributed by atoms with van der Waals surface area (Å²) in [5.74, 6) is -0.114. The van der Waals surface area contributed by atoms with Crippen LogP contribution in [0.1, 0.15) is 37.7 Å². The Morgan fingerprint density at radius 1 is 1.30 bits per heavy atom. The third-order valence-corrected chi connectivity index (χ3v) is 4.42. The number of amides is 1. The van der Waals surface area contributed by atoms with E-state index in [1.807, 2.05) is 17.0 Å². The number of rotatable bonds is 6. The Labute approximate surface area is 136 Å². The third kappa shape index (κ3) is 5.34. The van der Waals surface area contributed by atoms with Crippen LogP contribution in [0.15, 0.2) is 24.3 Å². The molecule has 5 heteroatoms. The summed E-state index contributed by atoms with van der Waals surface area (Å²) in [6, 6.07) is 6.85. The van der Waals surface area contributed by atoms with Gasteiger partial charge in [0.2, 0.25) is 5.91 Å². The van der Waals surface area contributed by atoms with Gasteiger partial charge in [0.1, 0.15) is 5.82 Å². The van der Waals surface area contributed by atoms with Crippen molar-refractivity contribution in [3.8, 4) is 0 Å². The first kappa shape index (κ1) is 17.4. The lowest BCUT2D eigenvalue weighted by Crippen LogP contribution is -2.40. The predicted molar refractivity (Wildman–Crippen MR) is 85.3 cm³/mol. The first-order valence-corrected chi connectivity index (χ1v) is 8.18. The highest BCUT2D eigenvalue weighted by Gasteiger charge is 2.24. The van der Waals surface area contributed by atoms with E-state index < -0.39 is 0 Å². The van der Waals surface area contributed by atoms with E-state index in [9.17, 15) is 14.0 Å². The molecular formula is C18H24FNO3. The zero-order valence-electron chi connectivity index (χ0n) is 13.6. The van der Waals surface area contributed by atoms with E-state index in [2.05, 4.69) is 4.74 Å². The third-order valence-electron chi connectivity index (χ3n) is 4.42. The van der Waals surface area contributed by atoms with Crippen molar-refractivity contribution in [3.05, 3.63) is 35.6 Å². The monoisotopic (exact) mass is 321 g/mol. The van der Waals surface area contributed by atoms with Gasteiger partial charge in [0.15, 0.2) is 0 Å². The zero-order valence-corrected chi connectivity index (χ0v) is 13.6. The summed E-state index contributed by atoms with van der Waals surface area (Å²) in [5, 5.41) is 0. The van der Waals surface area contributed by atoms with E-state index in [-0.39, 0.29) is 30.5 Å². The molecule has 0 saturated carbocycles. The maximum absolute atomic E-state index is 13.7. The average Bonchev–Trinajstić information content (AvgIpc) is 2.59. The van der Waals surface area contributed by atoms with Crippen LogP contribution in [0.2, 0.25) is 0 Å². The van der Waals surface area contributed by atoms with Gasteiger partial charge in [-0.3, -0.25) is 9.59 Å². The van der Waals surface area contributed by atoms with Gasteiger partial charge in [0.05, 0.1) is 13.5 Å². The Hall–Kier alpha value is -1.91. The molecule has 0 N–H and O–H groups in total. The molecule has 1 unspecified atom stereocenters. The van der Waals surface area contributed by atoms with Gasteiger partial charge in [0.25, 0.3) is 0 Å². The number of methoxy groups -OCH3 is 1. The highest BCUT2D eigenvalue weighted by molar-refractivity contribution is 5.81. The number of carbonyl (C=O) groups is 2. The number of esters is 1. The Kier molecular flexibility index (Phi) is 6.56. The van der Waals surface area contributed by atoms with Gasteiger partial charge in [0, 0.05) is 19.5 Å². The molecule has 0 bridgehead atoms. The molecule has 4 nitrogen and oxygen atoms in total. The number of likely N-dealkylation sites (tertiary alicyclic amines) is 1. The number of benzene rings is 1. The van der Waals surface area contributed by atoms with Crippen molar-refractivity contribution in [2.24, 2.45) is 5.92 Å². The maximum Gasteiger partial charge on any atom is 0.306 e. The topological polar surface area (TPSA) is 46.6 Å². The normalized spacial score (nSPS) is 17.8. The highest BCUT2D eigenvalue weighted by Crippen LogP contribution is 2.23. The molecular weight excluding hydrogens is 297 g/mol. The second-order valence-electron chi connectivity index (χ2n) is 6.05. The number of hydrogen-bond donors (Lipinski definition) is 0. The van der Waals surface area contributed by atoms with Gasteiger partial charge in [-0.1, -0.05) is 18.2 Å². The van der Waals surface area contributed by atoms with Crippen molar-refractivity contribution in [2.75, 3.05) is 20.2 Å². The second kappa shape index (κ2) is 8.65. The van der Waals surface area contributed by atoms with Crippen LogP contribution < -0.4 is 0 Å². The Morgan fingerprint density at radius 2 is 2.09 bits per heavy atom. The number of carbonyl (C=O) groups excluding carboxylic acids is 2. The number of ether oxygens (including phenoxy) is 1.